The first-order chi connectivity index (χ1) is 7.81. The molecule has 2 aliphatic rings. The summed E-state index contributed by atoms with van der Waals surface area (Å²) < 4.78 is 0. The Morgan fingerprint density at radius 1 is 1.25 bits per heavy atom. The summed E-state index contributed by atoms with van der Waals surface area (Å²) in [5.41, 5.74) is 0. The molecule has 0 bridgehead atoms. The van der Waals surface area contributed by atoms with E-state index in [9.17, 15) is 4.79 Å². The van der Waals surface area contributed by atoms with E-state index in [1.54, 1.807) is 0 Å². The van der Waals surface area contributed by atoms with Gasteiger partial charge in [-0.15, -0.1) is 0 Å². The number of carbonyl (C=O) groups excluding carboxylic acids is 1. The summed E-state index contributed by atoms with van der Waals surface area (Å²) in [6, 6.07) is 0.0688. The molecule has 2 N–H and O–H groups in total. The van der Waals surface area contributed by atoms with Crippen LogP contribution in [0.4, 0.5) is 0 Å². The SMILES string of the molecule is CCNC(=O)C1CC(C2CCCC2)CCN1. The van der Waals surface area contributed by atoms with Crippen LogP contribution in [0, 0.1) is 11.8 Å². The van der Waals surface area contributed by atoms with Gasteiger partial charge in [-0.2, -0.15) is 0 Å². The van der Waals surface area contributed by atoms with Gasteiger partial charge in [0, 0.05) is 6.54 Å². The Labute approximate surface area is 98.4 Å². The van der Waals surface area contributed by atoms with Crippen LogP contribution >= 0.6 is 0 Å². The molecule has 0 aromatic heterocycles. The second kappa shape index (κ2) is 5.67. The summed E-state index contributed by atoms with van der Waals surface area (Å²) in [4.78, 5) is 11.8. The van der Waals surface area contributed by atoms with Crippen molar-refractivity contribution in [2.45, 2.75) is 51.5 Å². The van der Waals surface area contributed by atoms with Gasteiger partial charge in [0.15, 0.2) is 0 Å². The highest BCUT2D eigenvalue weighted by Crippen LogP contribution is 2.36. The zero-order valence-corrected chi connectivity index (χ0v) is 10.3. The number of hydrogen-bond donors (Lipinski definition) is 2. The third kappa shape index (κ3) is 2.76. The lowest BCUT2D eigenvalue weighted by Gasteiger charge is -2.33. The molecule has 0 aromatic carbocycles. The normalized spacial score (nSPS) is 31.6. The first kappa shape index (κ1) is 11.9. The summed E-state index contributed by atoms with van der Waals surface area (Å²) in [7, 11) is 0. The van der Waals surface area contributed by atoms with Crippen LogP contribution in [0.5, 0.6) is 0 Å². The monoisotopic (exact) mass is 224 g/mol. The highest BCUT2D eigenvalue weighted by Gasteiger charge is 2.32. The lowest BCUT2D eigenvalue weighted by Crippen LogP contribution is -2.49. The molecule has 0 spiro atoms. The van der Waals surface area contributed by atoms with Crippen molar-refractivity contribution in [3.8, 4) is 0 Å². The zero-order valence-electron chi connectivity index (χ0n) is 10.3. The maximum absolute atomic E-state index is 11.8. The molecule has 2 unspecified atom stereocenters. The molecule has 2 rings (SSSR count). The van der Waals surface area contributed by atoms with Crippen molar-refractivity contribution in [1.29, 1.82) is 0 Å². The minimum Gasteiger partial charge on any atom is -0.355 e. The van der Waals surface area contributed by atoms with E-state index in [1.165, 1.54) is 32.1 Å². The second-order valence-electron chi connectivity index (χ2n) is 5.23. The molecule has 1 aliphatic heterocycles. The Morgan fingerprint density at radius 3 is 2.69 bits per heavy atom. The quantitative estimate of drug-likeness (QED) is 0.766. The first-order valence-corrected chi connectivity index (χ1v) is 6.82. The van der Waals surface area contributed by atoms with Crippen LogP contribution in [0.2, 0.25) is 0 Å². The van der Waals surface area contributed by atoms with E-state index < -0.39 is 0 Å². The van der Waals surface area contributed by atoms with Crippen molar-refractivity contribution in [2.24, 2.45) is 11.8 Å². The molecule has 92 valence electrons. The Kier molecular flexibility index (Phi) is 4.22. The Hall–Kier alpha value is -0.570. The molecule has 3 heteroatoms. The minimum atomic E-state index is 0.0688. The van der Waals surface area contributed by atoms with Gasteiger partial charge in [-0.05, 0) is 38.1 Å². The number of carbonyl (C=O) groups is 1. The van der Waals surface area contributed by atoms with Crippen LogP contribution in [-0.2, 0) is 4.79 Å². The van der Waals surface area contributed by atoms with Crippen molar-refractivity contribution in [3.05, 3.63) is 0 Å². The van der Waals surface area contributed by atoms with E-state index >= 15 is 0 Å². The summed E-state index contributed by atoms with van der Waals surface area (Å²) in [5, 5.41) is 6.27. The Balaban J connectivity index is 1.85. The molecule has 2 fully saturated rings. The average molecular weight is 224 g/mol. The van der Waals surface area contributed by atoms with E-state index in [1.807, 2.05) is 6.92 Å². The summed E-state index contributed by atoms with van der Waals surface area (Å²) >= 11 is 0. The van der Waals surface area contributed by atoms with Gasteiger partial charge in [0.25, 0.3) is 0 Å². The third-order valence-corrected chi connectivity index (χ3v) is 4.18. The number of hydrogen-bond acceptors (Lipinski definition) is 2. The minimum absolute atomic E-state index is 0.0688. The lowest BCUT2D eigenvalue weighted by molar-refractivity contribution is -0.124. The predicted molar refractivity (Wildman–Crippen MR) is 65.2 cm³/mol. The smallest absolute Gasteiger partial charge is 0.237 e. The molecular formula is C13H24N2O. The van der Waals surface area contributed by atoms with Crippen molar-refractivity contribution in [1.82, 2.24) is 10.6 Å². The van der Waals surface area contributed by atoms with Gasteiger partial charge >= 0.3 is 0 Å². The standard InChI is InChI=1S/C13H24N2O/c1-2-14-13(16)12-9-11(7-8-15-12)10-5-3-4-6-10/h10-12,15H,2-9H2,1H3,(H,14,16). The topological polar surface area (TPSA) is 41.1 Å². The predicted octanol–water partition coefficient (Wildman–Crippen LogP) is 1.68. The zero-order chi connectivity index (χ0) is 11.4. The fourth-order valence-corrected chi connectivity index (χ4v) is 3.30. The van der Waals surface area contributed by atoms with Gasteiger partial charge in [0.1, 0.15) is 0 Å². The summed E-state index contributed by atoms with van der Waals surface area (Å²) in [5.74, 6) is 1.89. The Morgan fingerprint density at radius 2 is 2.00 bits per heavy atom. The molecule has 16 heavy (non-hydrogen) atoms. The highest BCUT2D eigenvalue weighted by atomic mass is 16.2. The fourth-order valence-electron chi connectivity index (χ4n) is 3.30. The number of likely N-dealkylation sites (N-methyl/N-ethyl adjacent to an activating group) is 1. The van der Waals surface area contributed by atoms with E-state index in [2.05, 4.69) is 10.6 Å². The highest BCUT2D eigenvalue weighted by molar-refractivity contribution is 5.81. The number of nitrogens with one attached hydrogen (secondary N) is 2. The van der Waals surface area contributed by atoms with Crippen LogP contribution in [0.25, 0.3) is 0 Å². The maximum Gasteiger partial charge on any atom is 0.237 e. The van der Waals surface area contributed by atoms with Crippen molar-refractivity contribution in [3.63, 3.8) is 0 Å². The number of piperidine rings is 1. The molecule has 0 aromatic rings. The molecule has 1 heterocycles. The number of amides is 1. The van der Waals surface area contributed by atoms with Gasteiger partial charge in [-0.3, -0.25) is 4.79 Å². The fraction of sp³-hybridized carbons (Fsp3) is 0.923. The molecule has 1 saturated heterocycles. The number of rotatable bonds is 3. The second-order valence-corrected chi connectivity index (χ2v) is 5.23. The Bertz CT molecular complexity index is 236. The van der Waals surface area contributed by atoms with Crippen LogP contribution in [0.3, 0.4) is 0 Å². The maximum atomic E-state index is 11.8. The first-order valence-electron chi connectivity index (χ1n) is 6.82. The van der Waals surface area contributed by atoms with E-state index in [4.69, 9.17) is 0 Å². The van der Waals surface area contributed by atoms with Crippen molar-refractivity contribution >= 4 is 5.91 Å². The summed E-state index contributed by atoms with van der Waals surface area (Å²) in [6.45, 7) is 3.74. The van der Waals surface area contributed by atoms with E-state index in [0.717, 1.165) is 31.3 Å². The van der Waals surface area contributed by atoms with Gasteiger partial charge < -0.3 is 10.6 Å². The molecule has 3 nitrogen and oxygen atoms in total. The van der Waals surface area contributed by atoms with E-state index in [-0.39, 0.29) is 11.9 Å². The third-order valence-electron chi connectivity index (χ3n) is 4.18. The van der Waals surface area contributed by atoms with E-state index in [0.29, 0.717) is 0 Å². The van der Waals surface area contributed by atoms with Gasteiger partial charge in [-0.25, -0.2) is 0 Å². The van der Waals surface area contributed by atoms with Crippen molar-refractivity contribution < 1.29 is 4.79 Å². The largest absolute Gasteiger partial charge is 0.355 e. The molecular weight excluding hydrogens is 200 g/mol. The van der Waals surface area contributed by atoms with Crippen LogP contribution in [0.15, 0.2) is 0 Å². The van der Waals surface area contributed by atoms with Crippen LogP contribution in [-0.4, -0.2) is 25.0 Å². The van der Waals surface area contributed by atoms with Crippen LogP contribution < -0.4 is 10.6 Å². The molecule has 1 amide bonds. The summed E-state index contributed by atoms with van der Waals surface area (Å²) in [6.07, 6.45) is 7.91. The van der Waals surface area contributed by atoms with Gasteiger partial charge in [0.2, 0.25) is 5.91 Å². The molecule has 1 saturated carbocycles. The van der Waals surface area contributed by atoms with Gasteiger partial charge in [0.05, 0.1) is 6.04 Å². The van der Waals surface area contributed by atoms with Gasteiger partial charge in [-0.1, -0.05) is 25.7 Å². The van der Waals surface area contributed by atoms with Crippen LogP contribution in [0.1, 0.15) is 45.4 Å². The molecule has 1 aliphatic carbocycles. The lowest BCUT2D eigenvalue weighted by atomic mass is 9.81. The molecule has 2 atom stereocenters. The van der Waals surface area contributed by atoms with Crippen molar-refractivity contribution in [2.75, 3.05) is 13.1 Å². The molecule has 0 radical (unpaired) electrons. The average Bonchev–Trinajstić information content (AvgIpc) is 2.83.